The van der Waals surface area contributed by atoms with Gasteiger partial charge >= 0.3 is 0 Å². The molecule has 4 N–H and O–H groups in total. The lowest BCUT2D eigenvalue weighted by molar-refractivity contribution is 0.100. The maximum Gasteiger partial charge on any atom is 0.250 e. The topological polar surface area (TPSA) is 97.9 Å². The van der Waals surface area contributed by atoms with Crippen molar-refractivity contribution in [3.8, 4) is 5.82 Å². The molecule has 1 aromatic carbocycles. The minimum absolute atomic E-state index is 0.0318. The van der Waals surface area contributed by atoms with Crippen LogP contribution in [0.3, 0.4) is 0 Å². The summed E-state index contributed by atoms with van der Waals surface area (Å²) in [6.07, 6.45) is 5.43. The molecule has 3 heterocycles. The zero-order valence-electron chi connectivity index (χ0n) is 17.4. The maximum atomic E-state index is 11.9. The van der Waals surface area contributed by atoms with Gasteiger partial charge in [-0.2, -0.15) is 4.98 Å². The minimum atomic E-state index is -0.452. The first-order valence-corrected chi connectivity index (χ1v) is 9.93. The average molecular weight is 393 g/mol. The Morgan fingerprint density at radius 2 is 1.86 bits per heavy atom. The zero-order valence-corrected chi connectivity index (χ0v) is 17.4. The van der Waals surface area contributed by atoms with Crippen molar-refractivity contribution in [1.82, 2.24) is 19.9 Å². The van der Waals surface area contributed by atoms with Crippen LogP contribution in [0.25, 0.3) is 16.7 Å². The van der Waals surface area contributed by atoms with Gasteiger partial charge in [0.15, 0.2) is 0 Å². The van der Waals surface area contributed by atoms with E-state index in [1.807, 2.05) is 34.9 Å². The number of benzene rings is 1. The number of rotatable bonds is 4. The summed E-state index contributed by atoms with van der Waals surface area (Å²) in [7, 11) is 0. The van der Waals surface area contributed by atoms with Crippen LogP contribution in [-0.2, 0) is 0 Å². The number of nitrogens with two attached hydrogens (primary N) is 1. The number of hydrogen-bond donors (Lipinski definition) is 3. The standard InChI is InChI=1S/C22H28N6O/c1-21(2)11-14(12-22(3,4)27-21)25-20-24-10-9-18(26-20)28-13-16(19(23)29)15-7-5-6-8-17(15)28/h5-10,13-14,27H,11-12H2,1-4H3,(H2,23,29)(H,24,25,26). The van der Waals surface area contributed by atoms with Crippen molar-refractivity contribution in [2.45, 2.75) is 57.7 Å². The van der Waals surface area contributed by atoms with E-state index >= 15 is 0 Å². The molecule has 0 aliphatic carbocycles. The molecule has 0 saturated carbocycles. The van der Waals surface area contributed by atoms with Gasteiger partial charge < -0.3 is 20.9 Å². The molecule has 0 atom stereocenters. The van der Waals surface area contributed by atoms with Crippen molar-refractivity contribution < 1.29 is 4.79 Å². The van der Waals surface area contributed by atoms with Crippen molar-refractivity contribution in [2.75, 3.05) is 5.32 Å². The summed E-state index contributed by atoms with van der Waals surface area (Å²) in [5.74, 6) is 0.824. The van der Waals surface area contributed by atoms with Crippen molar-refractivity contribution in [3.63, 3.8) is 0 Å². The predicted molar refractivity (Wildman–Crippen MR) is 115 cm³/mol. The van der Waals surface area contributed by atoms with E-state index in [9.17, 15) is 4.79 Å². The highest BCUT2D eigenvalue weighted by atomic mass is 16.1. The molecule has 1 amide bonds. The summed E-state index contributed by atoms with van der Waals surface area (Å²) < 4.78 is 1.89. The van der Waals surface area contributed by atoms with Gasteiger partial charge in [0.2, 0.25) is 5.95 Å². The van der Waals surface area contributed by atoms with Crippen LogP contribution in [0.5, 0.6) is 0 Å². The van der Waals surface area contributed by atoms with Crippen molar-refractivity contribution >= 4 is 22.8 Å². The molecule has 1 aliphatic heterocycles. The maximum absolute atomic E-state index is 11.9. The fourth-order valence-electron chi connectivity index (χ4n) is 4.73. The monoisotopic (exact) mass is 392 g/mol. The summed E-state index contributed by atoms with van der Waals surface area (Å²) in [6.45, 7) is 8.88. The summed E-state index contributed by atoms with van der Waals surface area (Å²) in [4.78, 5) is 21.0. The van der Waals surface area contributed by atoms with Gasteiger partial charge in [0, 0.05) is 34.9 Å². The van der Waals surface area contributed by atoms with E-state index in [1.54, 1.807) is 12.4 Å². The summed E-state index contributed by atoms with van der Waals surface area (Å²) in [5.41, 5.74) is 7.00. The first kappa shape index (κ1) is 19.4. The van der Waals surface area contributed by atoms with Gasteiger partial charge in [0.1, 0.15) is 5.82 Å². The Balaban J connectivity index is 1.67. The highest BCUT2D eigenvalue weighted by Crippen LogP contribution is 2.30. The Morgan fingerprint density at radius 1 is 1.17 bits per heavy atom. The first-order chi connectivity index (χ1) is 13.6. The Bertz CT molecular complexity index is 1050. The number of carbonyl (C=O) groups excluding carboxylic acids is 1. The molecule has 0 unspecified atom stereocenters. The molecule has 2 aromatic heterocycles. The smallest absolute Gasteiger partial charge is 0.250 e. The minimum Gasteiger partial charge on any atom is -0.366 e. The Hall–Kier alpha value is -2.93. The first-order valence-electron chi connectivity index (χ1n) is 9.93. The largest absolute Gasteiger partial charge is 0.366 e. The van der Waals surface area contributed by atoms with Gasteiger partial charge in [-0.05, 0) is 52.7 Å². The lowest BCUT2D eigenvalue weighted by Gasteiger charge is -2.46. The second-order valence-electron chi connectivity index (χ2n) is 9.17. The van der Waals surface area contributed by atoms with Gasteiger partial charge in [-0.3, -0.25) is 4.79 Å². The van der Waals surface area contributed by atoms with E-state index in [4.69, 9.17) is 10.7 Å². The highest BCUT2D eigenvalue weighted by molar-refractivity contribution is 6.06. The number of aromatic nitrogens is 3. The van der Waals surface area contributed by atoms with Crippen LogP contribution in [0.4, 0.5) is 5.95 Å². The number of piperidine rings is 1. The summed E-state index contributed by atoms with van der Waals surface area (Å²) in [6, 6.07) is 9.77. The molecule has 7 heteroatoms. The number of nitrogens with one attached hydrogen (secondary N) is 2. The van der Waals surface area contributed by atoms with E-state index < -0.39 is 5.91 Å². The van der Waals surface area contributed by atoms with Crippen molar-refractivity contribution in [2.24, 2.45) is 5.73 Å². The third kappa shape index (κ3) is 3.96. The van der Waals surface area contributed by atoms with Crippen LogP contribution >= 0.6 is 0 Å². The fraction of sp³-hybridized carbons (Fsp3) is 0.409. The van der Waals surface area contributed by atoms with Gasteiger partial charge in [0.05, 0.1) is 11.1 Å². The summed E-state index contributed by atoms with van der Waals surface area (Å²) >= 11 is 0. The number of nitrogens with zero attached hydrogens (tertiary/aromatic N) is 3. The van der Waals surface area contributed by atoms with Gasteiger partial charge in [-0.25, -0.2) is 4.98 Å². The SMILES string of the molecule is CC1(C)CC(Nc2nccc(-n3cc(C(N)=O)c4ccccc43)n2)CC(C)(C)N1. The molecule has 0 spiro atoms. The molecule has 1 fully saturated rings. The second kappa shape index (κ2) is 6.84. The average Bonchev–Trinajstić information content (AvgIpc) is 2.99. The fourth-order valence-corrected chi connectivity index (χ4v) is 4.73. The molecular formula is C22H28N6O. The molecule has 3 aromatic rings. The molecule has 0 radical (unpaired) electrons. The quantitative estimate of drug-likeness (QED) is 0.633. The highest BCUT2D eigenvalue weighted by Gasteiger charge is 2.37. The van der Waals surface area contributed by atoms with Gasteiger partial charge in [-0.15, -0.1) is 0 Å². The normalized spacial score (nSPS) is 18.6. The Morgan fingerprint density at radius 3 is 2.55 bits per heavy atom. The molecule has 1 saturated heterocycles. The van der Waals surface area contributed by atoms with E-state index in [0.29, 0.717) is 17.3 Å². The number of fused-ring (bicyclic) bond motifs is 1. The third-order valence-electron chi connectivity index (χ3n) is 5.39. The predicted octanol–water partition coefficient (Wildman–Crippen LogP) is 3.24. The third-order valence-corrected chi connectivity index (χ3v) is 5.39. The lowest BCUT2D eigenvalue weighted by Crippen LogP contribution is -2.60. The Labute approximate surface area is 170 Å². The van der Waals surface area contributed by atoms with E-state index in [1.165, 1.54) is 0 Å². The molecule has 152 valence electrons. The molecule has 29 heavy (non-hydrogen) atoms. The van der Waals surface area contributed by atoms with Crippen LogP contribution in [0, 0.1) is 0 Å². The zero-order chi connectivity index (χ0) is 20.8. The van der Waals surface area contributed by atoms with Crippen LogP contribution in [0.2, 0.25) is 0 Å². The number of amides is 1. The molecule has 0 bridgehead atoms. The van der Waals surface area contributed by atoms with Gasteiger partial charge in [-0.1, -0.05) is 18.2 Å². The van der Waals surface area contributed by atoms with E-state index in [-0.39, 0.29) is 17.1 Å². The summed E-state index contributed by atoms with van der Waals surface area (Å²) in [5, 5.41) is 8.02. The van der Waals surface area contributed by atoms with Crippen LogP contribution in [0.1, 0.15) is 50.9 Å². The van der Waals surface area contributed by atoms with Crippen LogP contribution < -0.4 is 16.4 Å². The molecule has 4 rings (SSSR count). The number of hydrogen-bond acceptors (Lipinski definition) is 5. The molecule has 1 aliphatic rings. The van der Waals surface area contributed by atoms with Crippen molar-refractivity contribution in [1.29, 1.82) is 0 Å². The number of para-hydroxylation sites is 1. The number of anilines is 1. The number of carbonyl (C=O) groups is 1. The van der Waals surface area contributed by atoms with E-state index in [2.05, 4.69) is 43.3 Å². The van der Waals surface area contributed by atoms with Crippen LogP contribution in [0.15, 0.2) is 42.7 Å². The Kier molecular flexibility index (Phi) is 4.58. The molecule has 7 nitrogen and oxygen atoms in total. The lowest BCUT2D eigenvalue weighted by atomic mass is 9.80. The van der Waals surface area contributed by atoms with Crippen molar-refractivity contribution in [3.05, 3.63) is 48.3 Å². The van der Waals surface area contributed by atoms with Gasteiger partial charge in [0.25, 0.3) is 5.91 Å². The van der Waals surface area contributed by atoms with E-state index in [0.717, 1.165) is 23.7 Å². The second-order valence-corrected chi connectivity index (χ2v) is 9.17. The van der Waals surface area contributed by atoms with Crippen LogP contribution in [-0.4, -0.2) is 37.6 Å². The molecular weight excluding hydrogens is 364 g/mol. The number of primary amides is 1.